The van der Waals surface area contributed by atoms with Gasteiger partial charge in [0.15, 0.2) is 5.96 Å². The van der Waals surface area contributed by atoms with E-state index in [-0.39, 0.29) is 0 Å². The SMILES string of the molecule is CN=C(NCc1ccc(N2CCSCC2)cc1)NCc1sccc1C. The van der Waals surface area contributed by atoms with Crippen LogP contribution in [0.15, 0.2) is 40.7 Å². The zero-order valence-electron chi connectivity index (χ0n) is 14.9. The Labute approximate surface area is 158 Å². The summed E-state index contributed by atoms with van der Waals surface area (Å²) in [5.41, 5.74) is 3.93. The van der Waals surface area contributed by atoms with Crippen molar-refractivity contribution in [2.45, 2.75) is 20.0 Å². The van der Waals surface area contributed by atoms with Crippen molar-refractivity contribution in [1.82, 2.24) is 10.6 Å². The Kier molecular flexibility index (Phi) is 6.64. The van der Waals surface area contributed by atoms with E-state index in [1.165, 1.54) is 33.2 Å². The molecule has 134 valence electrons. The minimum absolute atomic E-state index is 0.777. The number of rotatable bonds is 5. The average Bonchev–Trinajstić information content (AvgIpc) is 3.08. The molecule has 1 aliphatic heterocycles. The van der Waals surface area contributed by atoms with Crippen LogP contribution in [0.3, 0.4) is 0 Å². The predicted octanol–water partition coefficient (Wildman–Crippen LogP) is 3.47. The first kappa shape index (κ1) is 18.1. The van der Waals surface area contributed by atoms with Crippen molar-refractivity contribution in [2.24, 2.45) is 4.99 Å². The second kappa shape index (κ2) is 9.15. The van der Waals surface area contributed by atoms with E-state index in [1.807, 2.05) is 18.8 Å². The van der Waals surface area contributed by atoms with Crippen molar-refractivity contribution in [2.75, 3.05) is 36.5 Å². The fourth-order valence-electron chi connectivity index (χ4n) is 2.80. The van der Waals surface area contributed by atoms with Gasteiger partial charge in [-0.15, -0.1) is 11.3 Å². The molecule has 1 saturated heterocycles. The molecule has 3 rings (SSSR count). The second-order valence-electron chi connectivity index (χ2n) is 6.07. The first-order valence-electron chi connectivity index (χ1n) is 8.65. The highest BCUT2D eigenvalue weighted by molar-refractivity contribution is 7.99. The van der Waals surface area contributed by atoms with Gasteiger partial charge in [0.2, 0.25) is 0 Å². The highest BCUT2D eigenvalue weighted by Gasteiger charge is 2.10. The van der Waals surface area contributed by atoms with Gasteiger partial charge in [0.05, 0.1) is 6.54 Å². The minimum Gasteiger partial charge on any atom is -0.370 e. The summed E-state index contributed by atoms with van der Waals surface area (Å²) in [5.74, 6) is 3.30. The van der Waals surface area contributed by atoms with Crippen LogP contribution < -0.4 is 15.5 Å². The molecule has 0 spiro atoms. The summed E-state index contributed by atoms with van der Waals surface area (Å²) in [7, 11) is 1.81. The van der Waals surface area contributed by atoms with Gasteiger partial charge in [-0.25, -0.2) is 0 Å². The van der Waals surface area contributed by atoms with Crippen molar-refractivity contribution < 1.29 is 0 Å². The third-order valence-corrected chi connectivity index (χ3v) is 6.35. The van der Waals surface area contributed by atoms with Crippen LogP contribution in [0, 0.1) is 6.92 Å². The van der Waals surface area contributed by atoms with E-state index in [4.69, 9.17) is 0 Å². The van der Waals surface area contributed by atoms with Gasteiger partial charge >= 0.3 is 0 Å². The first-order chi connectivity index (χ1) is 12.3. The smallest absolute Gasteiger partial charge is 0.191 e. The van der Waals surface area contributed by atoms with Crippen molar-refractivity contribution in [1.29, 1.82) is 0 Å². The molecule has 0 bridgehead atoms. The zero-order chi connectivity index (χ0) is 17.5. The standard InChI is InChI=1S/C19H26N4S2/c1-15-7-10-25-18(15)14-22-19(20-2)21-13-16-3-5-17(6-4-16)23-8-11-24-12-9-23/h3-7,10H,8-9,11-14H2,1-2H3,(H2,20,21,22). The molecule has 1 aromatic carbocycles. The summed E-state index contributed by atoms with van der Waals surface area (Å²) in [6.45, 7) is 6.04. The highest BCUT2D eigenvalue weighted by Crippen LogP contribution is 2.20. The summed E-state index contributed by atoms with van der Waals surface area (Å²) in [5, 5.41) is 8.91. The number of guanidine groups is 1. The van der Waals surface area contributed by atoms with Crippen LogP contribution in [0.2, 0.25) is 0 Å². The van der Waals surface area contributed by atoms with E-state index >= 15 is 0 Å². The molecule has 1 aromatic heterocycles. The van der Waals surface area contributed by atoms with Crippen LogP contribution in [0.5, 0.6) is 0 Å². The van der Waals surface area contributed by atoms with Crippen LogP contribution in [0.1, 0.15) is 16.0 Å². The van der Waals surface area contributed by atoms with Gasteiger partial charge in [0.25, 0.3) is 0 Å². The monoisotopic (exact) mass is 374 g/mol. The van der Waals surface area contributed by atoms with Crippen molar-refractivity contribution >= 4 is 34.7 Å². The quantitative estimate of drug-likeness (QED) is 0.621. The zero-order valence-corrected chi connectivity index (χ0v) is 16.6. The van der Waals surface area contributed by atoms with Crippen molar-refractivity contribution in [3.63, 3.8) is 0 Å². The number of anilines is 1. The molecule has 2 N–H and O–H groups in total. The van der Waals surface area contributed by atoms with E-state index in [2.05, 4.69) is 63.2 Å². The summed E-state index contributed by atoms with van der Waals surface area (Å²) in [6.07, 6.45) is 0. The molecule has 1 aliphatic rings. The van der Waals surface area contributed by atoms with E-state index in [0.29, 0.717) is 0 Å². The molecule has 0 aliphatic carbocycles. The molecule has 6 heteroatoms. The molecule has 1 fully saturated rings. The number of hydrogen-bond donors (Lipinski definition) is 2. The van der Waals surface area contributed by atoms with Gasteiger partial charge < -0.3 is 15.5 Å². The Hall–Kier alpha value is -1.66. The Balaban J connectivity index is 1.49. The molecule has 0 saturated carbocycles. The molecular weight excluding hydrogens is 348 g/mol. The third-order valence-electron chi connectivity index (χ3n) is 4.38. The average molecular weight is 375 g/mol. The fraction of sp³-hybridized carbons (Fsp3) is 0.421. The maximum Gasteiger partial charge on any atom is 0.191 e. The number of thiophene rings is 1. The maximum absolute atomic E-state index is 4.31. The van der Waals surface area contributed by atoms with Gasteiger partial charge in [0, 0.05) is 48.8 Å². The van der Waals surface area contributed by atoms with Crippen LogP contribution >= 0.6 is 23.1 Å². The van der Waals surface area contributed by atoms with Crippen molar-refractivity contribution in [3.05, 3.63) is 51.7 Å². The van der Waals surface area contributed by atoms with Gasteiger partial charge in [-0.05, 0) is 41.6 Å². The van der Waals surface area contributed by atoms with E-state index < -0.39 is 0 Å². The molecule has 0 atom stereocenters. The molecule has 0 unspecified atom stereocenters. The summed E-state index contributed by atoms with van der Waals surface area (Å²) < 4.78 is 0. The molecule has 4 nitrogen and oxygen atoms in total. The number of thioether (sulfide) groups is 1. The number of nitrogens with zero attached hydrogens (tertiary/aromatic N) is 2. The summed E-state index contributed by atoms with van der Waals surface area (Å²) in [4.78, 5) is 8.14. The molecule has 25 heavy (non-hydrogen) atoms. The fourth-order valence-corrected chi connectivity index (χ4v) is 4.55. The predicted molar refractivity (Wildman–Crippen MR) is 112 cm³/mol. The lowest BCUT2D eigenvalue weighted by Crippen LogP contribution is -2.36. The van der Waals surface area contributed by atoms with Gasteiger partial charge in [-0.3, -0.25) is 4.99 Å². The summed E-state index contributed by atoms with van der Waals surface area (Å²) in [6, 6.07) is 11.0. The second-order valence-corrected chi connectivity index (χ2v) is 8.30. The van der Waals surface area contributed by atoms with Gasteiger partial charge in [-0.1, -0.05) is 12.1 Å². The van der Waals surface area contributed by atoms with E-state index in [0.717, 1.165) is 32.1 Å². The van der Waals surface area contributed by atoms with Crippen LogP contribution in [-0.4, -0.2) is 37.6 Å². The number of hydrogen-bond acceptors (Lipinski definition) is 4. The highest BCUT2D eigenvalue weighted by atomic mass is 32.2. The number of nitrogens with one attached hydrogen (secondary N) is 2. The Morgan fingerprint density at radius 3 is 2.44 bits per heavy atom. The number of aryl methyl sites for hydroxylation is 1. The lowest BCUT2D eigenvalue weighted by Gasteiger charge is -2.28. The lowest BCUT2D eigenvalue weighted by molar-refractivity contribution is 0.812. The molecule has 2 aromatic rings. The van der Waals surface area contributed by atoms with Crippen molar-refractivity contribution in [3.8, 4) is 0 Å². The van der Waals surface area contributed by atoms with Crippen LogP contribution in [-0.2, 0) is 13.1 Å². The Morgan fingerprint density at radius 2 is 1.80 bits per heavy atom. The van der Waals surface area contributed by atoms with Gasteiger partial charge in [-0.2, -0.15) is 11.8 Å². The van der Waals surface area contributed by atoms with E-state index in [9.17, 15) is 0 Å². The van der Waals surface area contributed by atoms with Crippen LogP contribution in [0.25, 0.3) is 0 Å². The molecular formula is C19H26N4S2. The number of aliphatic imine (C=N–C) groups is 1. The first-order valence-corrected chi connectivity index (χ1v) is 10.7. The van der Waals surface area contributed by atoms with Crippen LogP contribution in [0.4, 0.5) is 5.69 Å². The molecule has 2 heterocycles. The summed E-state index contributed by atoms with van der Waals surface area (Å²) >= 11 is 3.82. The Bertz CT molecular complexity index is 688. The lowest BCUT2D eigenvalue weighted by atomic mass is 10.2. The normalized spacial score (nSPS) is 15.3. The largest absolute Gasteiger partial charge is 0.370 e. The number of benzene rings is 1. The molecule has 0 radical (unpaired) electrons. The third kappa shape index (κ3) is 5.16. The maximum atomic E-state index is 4.31. The van der Waals surface area contributed by atoms with E-state index in [1.54, 1.807) is 11.3 Å². The molecule has 0 amide bonds. The topological polar surface area (TPSA) is 39.7 Å². The Morgan fingerprint density at radius 1 is 1.08 bits per heavy atom. The minimum atomic E-state index is 0.777. The van der Waals surface area contributed by atoms with Gasteiger partial charge in [0.1, 0.15) is 0 Å².